The van der Waals surface area contributed by atoms with Gasteiger partial charge in [-0.3, -0.25) is 0 Å². The van der Waals surface area contributed by atoms with E-state index in [1.807, 2.05) is 54.6 Å². The first kappa shape index (κ1) is 17.4. The second kappa shape index (κ2) is 6.81. The quantitative estimate of drug-likeness (QED) is 0.543. The predicted octanol–water partition coefficient (Wildman–Crippen LogP) is 3.79. The number of piperidine rings is 1. The van der Waals surface area contributed by atoms with Gasteiger partial charge in [0.05, 0.1) is 11.4 Å². The fourth-order valence-corrected chi connectivity index (χ4v) is 4.84. The van der Waals surface area contributed by atoms with Crippen LogP contribution in [0.3, 0.4) is 0 Å². The number of anilines is 1. The molecule has 7 heteroatoms. The summed E-state index contributed by atoms with van der Waals surface area (Å²) in [6, 6.07) is 18.6. The number of nitrogens with one attached hydrogen (secondary N) is 1. The molecular weight excluding hydrogens is 376 g/mol. The van der Waals surface area contributed by atoms with Gasteiger partial charge in [0.2, 0.25) is 0 Å². The number of rotatable bonds is 4. The number of nitrogens with two attached hydrogens (primary N) is 1. The molecular formula is C23H22N6O. The van der Waals surface area contributed by atoms with Crippen molar-refractivity contribution in [3.05, 3.63) is 60.9 Å². The summed E-state index contributed by atoms with van der Waals surface area (Å²) < 4.78 is 8.00. The third-order valence-corrected chi connectivity index (χ3v) is 6.27. The lowest BCUT2D eigenvalue weighted by molar-refractivity contribution is 0.328. The van der Waals surface area contributed by atoms with Crippen LogP contribution < -0.4 is 15.8 Å². The van der Waals surface area contributed by atoms with Gasteiger partial charge in [0.15, 0.2) is 5.65 Å². The molecule has 6 rings (SSSR count). The van der Waals surface area contributed by atoms with Crippen molar-refractivity contribution < 1.29 is 4.74 Å². The molecule has 2 aromatic heterocycles. The van der Waals surface area contributed by atoms with Crippen LogP contribution in [-0.4, -0.2) is 32.3 Å². The first-order valence-electron chi connectivity index (χ1n) is 10.3. The van der Waals surface area contributed by atoms with Gasteiger partial charge in [-0.2, -0.15) is 5.10 Å². The van der Waals surface area contributed by atoms with Gasteiger partial charge in [0, 0.05) is 18.2 Å². The maximum Gasteiger partial charge on any atom is 0.164 e. The second-order valence-electron chi connectivity index (χ2n) is 8.09. The molecule has 1 saturated heterocycles. The van der Waals surface area contributed by atoms with E-state index in [2.05, 4.69) is 20.0 Å². The fourth-order valence-electron chi connectivity index (χ4n) is 4.84. The van der Waals surface area contributed by atoms with Gasteiger partial charge in [-0.05, 0) is 55.2 Å². The Balaban J connectivity index is 1.39. The molecule has 1 saturated carbocycles. The molecule has 2 aliphatic rings. The highest BCUT2D eigenvalue weighted by molar-refractivity contribution is 5.98. The normalized spacial score (nSPS) is 22.6. The molecule has 4 aromatic rings. The highest BCUT2D eigenvalue weighted by Crippen LogP contribution is 2.42. The van der Waals surface area contributed by atoms with Crippen molar-refractivity contribution in [3.63, 3.8) is 0 Å². The molecule has 3 N–H and O–H groups in total. The van der Waals surface area contributed by atoms with Gasteiger partial charge in [-0.15, -0.1) is 0 Å². The summed E-state index contributed by atoms with van der Waals surface area (Å²) >= 11 is 0. The minimum absolute atomic E-state index is 0.350. The average Bonchev–Trinajstić information content (AvgIpc) is 3.50. The molecule has 2 aromatic carbocycles. The predicted molar refractivity (Wildman–Crippen MR) is 115 cm³/mol. The maximum absolute atomic E-state index is 6.27. The standard InChI is InChI=1S/C23H22N6O/c24-22-20-21(14-6-8-18(9-7-14)30-17-4-2-1-3-5-17)28-29(23(20)27-13-26-22)19-11-16-10-15(19)12-25-16/h1-9,13,15-16,19,25H,10-12H2,(H2,24,26,27)/t15-,16-,19?/m0/s1. The molecule has 1 unspecified atom stereocenters. The lowest BCUT2D eigenvalue weighted by Crippen LogP contribution is -2.31. The number of fused-ring (bicyclic) bond motifs is 3. The number of para-hydroxylation sites is 1. The summed E-state index contributed by atoms with van der Waals surface area (Å²) in [5.41, 5.74) is 8.89. The van der Waals surface area contributed by atoms with Crippen LogP contribution in [0.2, 0.25) is 0 Å². The molecule has 0 amide bonds. The number of benzene rings is 2. The third-order valence-electron chi connectivity index (χ3n) is 6.27. The highest BCUT2D eigenvalue weighted by atomic mass is 16.5. The Morgan fingerprint density at radius 1 is 0.967 bits per heavy atom. The Labute approximate surface area is 173 Å². The van der Waals surface area contributed by atoms with E-state index in [9.17, 15) is 0 Å². The Bertz CT molecular complexity index is 1200. The number of nitrogens with zero attached hydrogens (tertiary/aromatic N) is 4. The van der Waals surface area contributed by atoms with E-state index < -0.39 is 0 Å². The molecule has 0 spiro atoms. The van der Waals surface area contributed by atoms with Gasteiger partial charge in [-0.1, -0.05) is 18.2 Å². The smallest absolute Gasteiger partial charge is 0.164 e. The van der Waals surface area contributed by atoms with Crippen LogP contribution in [0.5, 0.6) is 11.5 Å². The second-order valence-corrected chi connectivity index (χ2v) is 8.09. The van der Waals surface area contributed by atoms with Gasteiger partial charge < -0.3 is 15.8 Å². The Kier molecular flexibility index (Phi) is 3.95. The first-order valence-corrected chi connectivity index (χ1v) is 10.3. The zero-order valence-corrected chi connectivity index (χ0v) is 16.4. The summed E-state index contributed by atoms with van der Waals surface area (Å²) in [6.07, 6.45) is 3.81. The van der Waals surface area contributed by atoms with E-state index in [0.29, 0.717) is 23.8 Å². The van der Waals surface area contributed by atoms with Crippen LogP contribution in [0.25, 0.3) is 22.3 Å². The molecule has 1 aliphatic carbocycles. The summed E-state index contributed by atoms with van der Waals surface area (Å²) in [5, 5.41) is 9.39. The van der Waals surface area contributed by atoms with E-state index in [-0.39, 0.29) is 0 Å². The molecule has 0 radical (unpaired) electrons. The van der Waals surface area contributed by atoms with Crippen molar-refractivity contribution in [2.75, 3.05) is 12.3 Å². The van der Waals surface area contributed by atoms with Crippen molar-refractivity contribution in [3.8, 4) is 22.8 Å². The highest BCUT2D eigenvalue weighted by Gasteiger charge is 2.42. The van der Waals surface area contributed by atoms with Crippen molar-refractivity contribution in [2.24, 2.45) is 5.92 Å². The van der Waals surface area contributed by atoms with Gasteiger partial charge in [-0.25, -0.2) is 14.6 Å². The summed E-state index contributed by atoms with van der Waals surface area (Å²) in [7, 11) is 0. The zero-order chi connectivity index (χ0) is 20.1. The zero-order valence-electron chi connectivity index (χ0n) is 16.4. The Morgan fingerprint density at radius 2 is 1.77 bits per heavy atom. The lowest BCUT2D eigenvalue weighted by Gasteiger charge is -2.23. The van der Waals surface area contributed by atoms with E-state index in [4.69, 9.17) is 15.6 Å². The van der Waals surface area contributed by atoms with Gasteiger partial charge >= 0.3 is 0 Å². The Morgan fingerprint density at radius 3 is 2.50 bits per heavy atom. The number of hydrogen-bond acceptors (Lipinski definition) is 6. The first-order chi connectivity index (χ1) is 14.8. The number of hydrogen-bond donors (Lipinski definition) is 2. The average molecular weight is 398 g/mol. The van der Waals surface area contributed by atoms with E-state index >= 15 is 0 Å². The Hall–Kier alpha value is -3.45. The molecule has 7 nitrogen and oxygen atoms in total. The largest absolute Gasteiger partial charge is 0.457 e. The van der Waals surface area contributed by atoms with Crippen LogP contribution in [0.1, 0.15) is 18.9 Å². The van der Waals surface area contributed by atoms with Crippen LogP contribution in [-0.2, 0) is 0 Å². The molecule has 30 heavy (non-hydrogen) atoms. The van der Waals surface area contributed by atoms with Crippen molar-refractivity contribution in [2.45, 2.75) is 24.9 Å². The van der Waals surface area contributed by atoms with E-state index in [1.54, 1.807) is 0 Å². The number of nitrogen functional groups attached to an aromatic ring is 1. The molecule has 1 aliphatic heterocycles. The van der Waals surface area contributed by atoms with E-state index in [0.717, 1.165) is 46.8 Å². The molecule has 2 bridgehead atoms. The topological polar surface area (TPSA) is 90.9 Å². The van der Waals surface area contributed by atoms with Gasteiger partial charge in [0.1, 0.15) is 29.3 Å². The van der Waals surface area contributed by atoms with Crippen LogP contribution >= 0.6 is 0 Å². The van der Waals surface area contributed by atoms with Gasteiger partial charge in [0.25, 0.3) is 0 Å². The van der Waals surface area contributed by atoms with E-state index in [1.165, 1.54) is 12.7 Å². The summed E-state index contributed by atoms with van der Waals surface area (Å²) in [5.74, 6) is 2.63. The molecule has 3 atom stereocenters. The fraction of sp³-hybridized carbons (Fsp3) is 0.261. The van der Waals surface area contributed by atoms with Crippen LogP contribution in [0.4, 0.5) is 5.82 Å². The van der Waals surface area contributed by atoms with Crippen molar-refractivity contribution >= 4 is 16.9 Å². The number of ether oxygens (including phenoxy) is 1. The molecule has 2 fully saturated rings. The monoisotopic (exact) mass is 398 g/mol. The van der Waals surface area contributed by atoms with Crippen LogP contribution in [0.15, 0.2) is 60.9 Å². The molecule has 3 heterocycles. The SMILES string of the molecule is Nc1ncnc2c1c(-c1ccc(Oc3ccccc3)cc1)nn2C1C[C@@H]2C[C@H]1CN2. The van der Waals surface area contributed by atoms with Crippen LogP contribution in [0, 0.1) is 5.92 Å². The maximum atomic E-state index is 6.27. The van der Waals surface area contributed by atoms with Crippen molar-refractivity contribution in [1.29, 1.82) is 0 Å². The summed E-state index contributed by atoms with van der Waals surface area (Å²) in [4.78, 5) is 8.79. The lowest BCUT2D eigenvalue weighted by atomic mass is 10.0. The minimum atomic E-state index is 0.350. The minimum Gasteiger partial charge on any atom is -0.457 e. The summed E-state index contributed by atoms with van der Waals surface area (Å²) in [6.45, 7) is 1.04. The molecule has 150 valence electrons. The van der Waals surface area contributed by atoms with Crippen molar-refractivity contribution in [1.82, 2.24) is 25.1 Å². The number of aromatic nitrogens is 4. The third kappa shape index (κ3) is 2.81.